The average Bonchev–Trinajstić information content (AvgIpc) is 2.69. The fourth-order valence-corrected chi connectivity index (χ4v) is 4.98. The van der Waals surface area contributed by atoms with Crippen LogP contribution in [0.2, 0.25) is 5.02 Å². The molecule has 33 heavy (non-hydrogen) atoms. The van der Waals surface area contributed by atoms with Crippen molar-refractivity contribution in [1.82, 2.24) is 0 Å². The second-order valence-corrected chi connectivity index (χ2v) is 11.3. The Morgan fingerprint density at radius 3 is 2.03 bits per heavy atom. The first-order chi connectivity index (χ1) is 15.3. The minimum absolute atomic E-state index is 0.0368. The second-order valence-electron chi connectivity index (χ2n) is 7.47. The Morgan fingerprint density at radius 1 is 0.818 bits per heavy atom. The zero-order valence-corrected chi connectivity index (χ0v) is 20.4. The third-order valence-corrected chi connectivity index (χ3v) is 6.87. The zero-order chi connectivity index (χ0) is 24.4. The summed E-state index contributed by atoms with van der Waals surface area (Å²) in [4.78, 5) is 12.6. The molecule has 3 aromatic rings. The third-order valence-electron chi connectivity index (χ3n) is 4.57. The predicted octanol–water partition coefficient (Wildman–Crippen LogP) is 4.38. The minimum atomic E-state index is -3.81. The van der Waals surface area contributed by atoms with Gasteiger partial charge in [-0.1, -0.05) is 29.3 Å². The first-order valence-electron chi connectivity index (χ1n) is 9.63. The van der Waals surface area contributed by atoms with Crippen molar-refractivity contribution in [2.24, 2.45) is 0 Å². The van der Waals surface area contributed by atoms with Gasteiger partial charge >= 0.3 is 0 Å². The number of sulfonamides is 2. The summed E-state index contributed by atoms with van der Waals surface area (Å²) in [5, 5.41) is 2.69. The molecule has 3 N–H and O–H groups in total. The van der Waals surface area contributed by atoms with Crippen LogP contribution in [0.4, 0.5) is 17.1 Å². The van der Waals surface area contributed by atoms with E-state index in [0.717, 1.165) is 17.4 Å². The lowest BCUT2D eigenvalue weighted by atomic mass is 10.1. The Kier molecular flexibility index (Phi) is 7.01. The summed E-state index contributed by atoms with van der Waals surface area (Å²) in [6, 6.07) is 15.2. The highest BCUT2D eigenvalue weighted by Crippen LogP contribution is 2.24. The molecular weight excluding hydrogens is 486 g/mol. The molecule has 0 fully saturated rings. The van der Waals surface area contributed by atoms with E-state index in [-0.39, 0.29) is 21.2 Å². The summed E-state index contributed by atoms with van der Waals surface area (Å²) in [6.45, 7) is 3.74. The van der Waals surface area contributed by atoms with E-state index in [1.54, 1.807) is 6.07 Å². The SMILES string of the molecule is Cc1ccc(NS(=O)(=O)c2ccc(NC(=O)c3ccc(NS(C)(=O)=O)cc3Cl)cc2)c(C)c1. The molecule has 0 aliphatic heterocycles. The van der Waals surface area contributed by atoms with E-state index in [4.69, 9.17) is 11.6 Å². The van der Waals surface area contributed by atoms with E-state index in [1.165, 1.54) is 42.5 Å². The van der Waals surface area contributed by atoms with Gasteiger partial charge in [-0.3, -0.25) is 14.2 Å². The molecular formula is C22H22ClN3O5S2. The van der Waals surface area contributed by atoms with E-state index < -0.39 is 26.0 Å². The zero-order valence-electron chi connectivity index (χ0n) is 18.0. The molecule has 0 spiro atoms. The van der Waals surface area contributed by atoms with Gasteiger partial charge in [0.1, 0.15) is 0 Å². The Balaban J connectivity index is 1.73. The Labute approximate surface area is 198 Å². The molecule has 0 aromatic heterocycles. The molecule has 0 unspecified atom stereocenters. The molecule has 3 rings (SSSR count). The summed E-state index contributed by atoms with van der Waals surface area (Å²) in [7, 11) is -7.29. The van der Waals surface area contributed by atoms with Gasteiger partial charge < -0.3 is 5.32 Å². The molecule has 0 bridgehead atoms. The molecule has 0 radical (unpaired) electrons. The fraction of sp³-hybridized carbons (Fsp3) is 0.136. The number of carbonyl (C=O) groups excluding carboxylic acids is 1. The maximum Gasteiger partial charge on any atom is 0.261 e. The molecule has 0 saturated heterocycles. The first-order valence-corrected chi connectivity index (χ1v) is 13.4. The van der Waals surface area contributed by atoms with Crippen molar-refractivity contribution in [3.63, 3.8) is 0 Å². The lowest BCUT2D eigenvalue weighted by Crippen LogP contribution is -2.15. The van der Waals surface area contributed by atoms with Gasteiger partial charge in [-0.15, -0.1) is 0 Å². The average molecular weight is 508 g/mol. The van der Waals surface area contributed by atoms with E-state index in [0.29, 0.717) is 11.4 Å². The fourth-order valence-electron chi connectivity index (χ4n) is 3.02. The molecule has 11 heteroatoms. The van der Waals surface area contributed by atoms with Crippen LogP contribution >= 0.6 is 11.6 Å². The molecule has 0 aliphatic carbocycles. The number of rotatable bonds is 7. The maximum atomic E-state index is 12.7. The molecule has 8 nitrogen and oxygen atoms in total. The van der Waals surface area contributed by atoms with Crippen molar-refractivity contribution < 1.29 is 21.6 Å². The summed E-state index contributed by atoms with van der Waals surface area (Å²) >= 11 is 6.12. The molecule has 1 amide bonds. The number of amides is 1. The van der Waals surface area contributed by atoms with Gasteiger partial charge in [-0.05, 0) is 67.9 Å². The number of anilines is 3. The van der Waals surface area contributed by atoms with Crippen molar-refractivity contribution in [2.45, 2.75) is 18.7 Å². The van der Waals surface area contributed by atoms with E-state index in [1.807, 2.05) is 26.0 Å². The number of hydrogen-bond acceptors (Lipinski definition) is 5. The van der Waals surface area contributed by atoms with Crippen LogP contribution in [-0.2, 0) is 20.0 Å². The highest BCUT2D eigenvalue weighted by molar-refractivity contribution is 7.92. The van der Waals surface area contributed by atoms with Gasteiger partial charge in [0.25, 0.3) is 15.9 Å². The summed E-state index contributed by atoms with van der Waals surface area (Å²) in [5.41, 5.74) is 3.03. The Bertz CT molecular complexity index is 1420. The summed E-state index contributed by atoms with van der Waals surface area (Å²) < 4.78 is 52.9. The van der Waals surface area contributed by atoms with Crippen LogP contribution < -0.4 is 14.8 Å². The smallest absolute Gasteiger partial charge is 0.261 e. The van der Waals surface area contributed by atoms with Crippen LogP contribution in [-0.4, -0.2) is 29.0 Å². The topological polar surface area (TPSA) is 121 Å². The number of hydrogen-bond donors (Lipinski definition) is 3. The first kappa shape index (κ1) is 24.6. The van der Waals surface area contributed by atoms with Crippen LogP contribution in [0, 0.1) is 13.8 Å². The van der Waals surface area contributed by atoms with Crippen LogP contribution in [0.5, 0.6) is 0 Å². The van der Waals surface area contributed by atoms with Crippen molar-refractivity contribution in [1.29, 1.82) is 0 Å². The van der Waals surface area contributed by atoms with Crippen LogP contribution in [0.25, 0.3) is 0 Å². The second kappa shape index (κ2) is 9.42. The third kappa shape index (κ3) is 6.47. The number of aryl methyl sites for hydroxylation is 2. The highest BCUT2D eigenvalue weighted by atomic mass is 35.5. The van der Waals surface area contributed by atoms with Crippen LogP contribution in [0.15, 0.2) is 65.6 Å². The molecule has 0 atom stereocenters. The van der Waals surface area contributed by atoms with Crippen LogP contribution in [0.1, 0.15) is 21.5 Å². The molecule has 0 saturated carbocycles. The van der Waals surface area contributed by atoms with Gasteiger partial charge in [0, 0.05) is 11.4 Å². The number of benzene rings is 3. The number of halogens is 1. The molecule has 0 aliphatic rings. The van der Waals surface area contributed by atoms with Gasteiger partial charge in [0.05, 0.1) is 27.4 Å². The van der Waals surface area contributed by atoms with Crippen LogP contribution in [0.3, 0.4) is 0 Å². The minimum Gasteiger partial charge on any atom is -0.322 e. The quantitative estimate of drug-likeness (QED) is 0.438. The van der Waals surface area contributed by atoms with Gasteiger partial charge in [-0.25, -0.2) is 16.8 Å². The Hall–Kier alpha value is -3.08. The maximum absolute atomic E-state index is 12.7. The summed E-state index contributed by atoms with van der Waals surface area (Å²) in [6.07, 6.45) is 1.00. The van der Waals surface area contributed by atoms with Gasteiger partial charge in [0.15, 0.2) is 0 Å². The molecule has 3 aromatic carbocycles. The van der Waals surface area contributed by atoms with Crippen molar-refractivity contribution in [2.75, 3.05) is 21.0 Å². The predicted molar refractivity (Wildman–Crippen MR) is 131 cm³/mol. The number of carbonyl (C=O) groups is 1. The van der Waals surface area contributed by atoms with Crippen molar-refractivity contribution in [3.8, 4) is 0 Å². The van der Waals surface area contributed by atoms with Crippen molar-refractivity contribution in [3.05, 3.63) is 82.4 Å². The van der Waals surface area contributed by atoms with Gasteiger partial charge in [0.2, 0.25) is 10.0 Å². The molecule has 174 valence electrons. The van der Waals surface area contributed by atoms with E-state index >= 15 is 0 Å². The number of nitrogens with one attached hydrogen (secondary N) is 3. The standard InChI is InChI=1S/C22H22ClN3O5S2/c1-14-4-11-21(15(2)12-14)26-33(30,31)18-8-5-16(6-9-18)24-22(27)19-10-7-17(13-20(19)23)25-32(3,28)29/h4-13,25-26H,1-3H3,(H,24,27). The lowest BCUT2D eigenvalue weighted by molar-refractivity contribution is 0.102. The monoisotopic (exact) mass is 507 g/mol. The Morgan fingerprint density at radius 2 is 1.45 bits per heavy atom. The van der Waals surface area contributed by atoms with E-state index in [9.17, 15) is 21.6 Å². The van der Waals surface area contributed by atoms with Crippen molar-refractivity contribution >= 4 is 54.6 Å². The highest BCUT2D eigenvalue weighted by Gasteiger charge is 2.17. The normalized spacial score (nSPS) is 11.6. The largest absolute Gasteiger partial charge is 0.322 e. The summed E-state index contributed by atoms with van der Waals surface area (Å²) in [5.74, 6) is -0.532. The van der Waals surface area contributed by atoms with E-state index in [2.05, 4.69) is 14.8 Å². The van der Waals surface area contributed by atoms with Gasteiger partial charge in [-0.2, -0.15) is 0 Å². The molecule has 0 heterocycles. The lowest BCUT2D eigenvalue weighted by Gasteiger charge is -2.12.